The van der Waals surface area contributed by atoms with E-state index in [0.29, 0.717) is 38.5 Å². The Balaban J connectivity index is 1.75. The number of benzene rings is 3. The van der Waals surface area contributed by atoms with Gasteiger partial charge in [-0.1, -0.05) is 83.0 Å². The first-order valence-corrected chi connectivity index (χ1v) is 13.2. The van der Waals surface area contributed by atoms with Crippen LogP contribution in [0.4, 0.5) is 5.69 Å². The lowest BCUT2D eigenvalue weighted by Crippen LogP contribution is -2.34. The van der Waals surface area contributed by atoms with Gasteiger partial charge in [0.1, 0.15) is 5.75 Å². The van der Waals surface area contributed by atoms with E-state index < -0.39 is 12.0 Å². The van der Waals surface area contributed by atoms with Crippen molar-refractivity contribution in [2.75, 3.05) is 12.4 Å². The standard InChI is InChI=1S/C30H28ClN3O2S/c1-18-14-19(2)16-21(15-18)17-37-30-28(32-4)27(22-10-6-7-11-23(22)31)26(20(3)33-30)29(35)34-24-12-8-9-13-25(24)36-5/h6-16,27-28H,17H2,1-3,5H3,(H,34,35). The van der Waals surface area contributed by atoms with E-state index in [1.807, 2.05) is 37.3 Å². The Hall–Kier alpha value is -3.53. The molecule has 1 amide bonds. The monoisotopic (exact) mass is 529 g/mol. The summed E-state index contributed by atoms with van der Waals surface area (Å²) in [6.45, 7) is 14.1. The number of nitrogens with one attached hydrogen (secondary N) is 1. The topological polar surface area (TPSA) is 55.0 Å². The number of halogens is 1. The first kappa shape index (κ1) is 26.5. The molecule has 3 aromatic rings. The van der Waals surface area contributed by atoms with E-state index in [-0.39, 0.29) is 5.91 Å². The minimum atomic E-state index is -0.682. The number of para-hydroxylation sites is 2. The van der Waals surface area contributed by atoms with Gasteiger partial charge in [-0.15, -0.1) is 0 Å². The Morgan fingerprint density at radius 3 is 2.43 bits per heavy atom. The molecule has 0 aromatic heterocycles. The molecule has 1 aliphatic rings. The van der Waals surface area contributed by atoms with Gasteiger partial charge in [-0.05, 0) is 50.1 Å². The van der Waals surface area contributed by atoms with Gasteiger partial charge in [-0.2, -0.15) is 0 Å². The lowest BCUT2D eigenvalue weighted by Gasteiger charge is -2.28. The van der Waals surface area contributed by atoms with E-state index >= 15 is 0 Å². The third-order valence-electron chi connectivity index (χ3n) is 6.19. The number of aryl methyl sites for hydroxylation is 2. The minimum Gasteiger partial charge on any atom is -0.495 e. The van der Waals surface area contributed by atoms with Gasteiger partial charge < -0.3 is 14.9 Å². The lowest BCUT2D eigenvalue weighted by molar-refractivity contribution is -0.113. The fraction of sp³-hybridized carbons (Fsp3) is 0.233. The predicted molar refractivity (Wildman–Crippen MR) is 154 cm³/mol. The summed E-state index contributed by atoms with van der Waals surface area (Å²) in [6, 6.07) is 20.4. The molecule has 2 unspecified atom stereocenters. The van der Waals surface area contributed by atoms with E-state index in [1.54, 1.807) is 25.3 Å². The molecule has 1 aliphatic heterocycles. The Bertz CT molecular complexity index is 1420. The number of nitrogens with zero attached hydrogens (tertiary/aromatic N) is 2. The highest BCUT2D eigenvalue weighted by Crippen LogP contribution is 2.42. The average molecular weight is 530 g/mol. The van der Waals surface area contributed by atoms with Crippen LogP contribution in [-0.4, -0.2) is 24.1 Å². The van der Waals surface area contributed by atoms with Crippen LogP contribution >= 0.6 is 23.4 Å². The molecule has 0 saturated carbocycles. The minimum absolute atomic E-state index is 0.331. The van der Waals surface area contributed by atoms with Gasteiger partial charge >= 0.3 is 0 Å². The molecule has 0 bridgehead atoms. The molecule has 7 heteroatoms. The van der Waals surface area contributed by atoms with Gasteiger partial charge in [0.15, 0.2) is 5.04 Å². The summed E-state index contributed by atoms with van der Waals surface area (Å²) in [5, 5.41) is 4.16. The number of rotatable bonds is 6. The van der Waals surface area contributed by atoms with E-state index in [2.05, 4.69) is 42.2 Å². The Labute approximate surface area is 227 Å². The van der Waals surface area contributed by atoms with Crippen LogP contribution in [0.5, 0.6) is 5.75 Å². The Kier molecular flexibility index (Phi) is 8.38. The number of allylic oxidation sites excluding steroid dienone is 1. The number of anilines is 1. The highest BCUT2D eigenvalue weighted by atomic mass is 35.5. The maximum absolute atomic E-state index is 13.7. The number of aliphatic imine (C=N–C) groups is 1. The third kappa shape index (κ3) is 5.90. The van der Waals surface area contributed by atoms with E-state index in [4.69, 9.17) is 27.9 Å². The number of carbonyl (C=O) groups is 1. The molecule has 0 fully saturated rings. The van der Waals surface area contributed by atoms with Crippen molar-refractivity contribution in [1.82, 2.24) is 0 Å². The zero-order chi connectivity index (χ0) is 26.5. The van der Waals surface area contributed by atoms with Gasteiger partial charge in [0.05, 0.1) is 24.3 Å². The van der Waals surface area contributed by atoms with Crippen molar-refractivity contribution in [3.8, 4) is 5.75 Å². The van der Waals surface area contributed by atoms with Crippen LogP contribution < -0.4 is 10.1 Å². The highest BCUT2D eigenvalue weighted by molar-refractivity contribution is 8.13. The number of hydrogen-bond donors (Lipinski definition) is 1. The van der Waals surface area contributed by atoms with Crippen LogP contribution in [0.1, 0.15) is 35.1 Å². The first-order valence-electron chi connectivity index (χ1n) is 11.9. The number of hydrogen-bond acceptors (Lipinski definition) is 4. The van der Waals surface area contributed by atoms with Crippen LogP contribution in [0, 0.1) is 20.4 Å². The van der Waals surface area contributed by atoms with Crippen molar-refractivity contribution in [3.05, 3.63) is 117 Å². The van der Waals surface area contributed by atoms with Crippen LogP contribution in [0.2, 0.25) is 5.02 Å². The Morgan fingerprint density at radius 1 is 1.08 bits per heavy atom. The molecule has 5 nitrogen and oxygen atoms in total. The third-order valence-corrected chi connectivity index (χ3v) is 7.65. The van der Waals surface area contributed by atoms with E-state index in [9.17, 15) is 4.79 Å². The molecule has 4 rings (SSSR count). The normalized spacial score (nSPS) is 17.1. The van der Waals surface area contributed by atoms with Crippen LogP contribution in [0.3, 0.4) is 0 Å². The van der Waals surface area contributed by atoms with Gasteiger partial charge in [0.2, 0.25) is 0 Å². The Morgan fingerprint density at radius 2 is 1.76 bits per heavy atom. The van der Waals surface area contributed by atoms with Gasteiger partial charge in [0.25, 0.3) is 11.9 Å². The number of carbonyl (C=O) groups excluding carboxylic acids is 1. The van der Waals surface area contributed by atoms with Crippen molar-refractivity contribution >= 4 is 40.0 Å². The summed E-state index contributed by atoms with van der Waals surface area (Å²) >= 11 is 8.18. The number of methoxy groups -OCH3 is 1. The second-order valence-corrected chi connectivity index (χ2v) is 10.4. The molecular formula is C30H28ClN3O2S. The molecule has 3 aromatic carbocycles. The fourth-order valence-electron chi connectivity index (χ4n) is 4.67. The fourth-order valence-corrected chi connectivity index (χ4v) is 5.97. The van der Waals surface area contributed by atoms with Gasteiger partial charge in [0, 0.05) is 16.5 Å². The van der Waals surface area contributed by atoms with Crippen LogP contribution in [0.15, 0.2) is 83.0 Å². The molecule has 1 N–H and O–H groups in total. The van der Waals surface area contributed by atoms with Crippen molar-refractivity contribution in [2.45, 2.75) is 38.5 Å². The number of thioether (sulfide) groups is 1. The second kappa shape index (κ2) is 11.7. The largest absolute Gasteiger partial charge is 0.495 e. The summed E-state index contributed by atoms with van der Waals surface area (Å²) < 4.78 is 5.41. The zero-order valence-corrected chi connectivity index (χ0v) is 22.8. The van der Waals surface area contributed by atoms with E-state index in [1.165, 1.54) is 28.5 Å². The van der Waals surface area contributed by atoms with Crippen molar-refractivity contribution in [1.29, 1.82) is 0 Å². The van der Waals surface area contributed by atoms with Crippen LogP contribution in [-0.2, 0) is 10.5 Å². The summed E-state index contributed by atoms with van der Waals surface area (Å²) in [5.41, 5.74) is 5.84. The van der Waals surface area contributed by atoms with Gasteiger partial charge in [-0.3, -0.25) is 4.79 Å². The molecule has 0 spiro atoms. The van der Waals surface area contributed by atoms with Gasteiger partial charge in [-0.25, -0.2) is 11.6 Å². The molecule has 0 aliphatic carbocycles. The smallest absolute Gasteiger partial charge is 0.282 e. The maximum Gasteiger partial charge on any atom is 0.282 e. The molecule has 0 saturated heterocycles. The number of ether oxygens (including phenoxy) is 1. The highest BCUT2D eigenvalue weighted by Gasteiger charge is 2.44. The first-order chi connectivity index (χ1) is 17.8. The summed E-state index contributed by atoms with van der Waals surface area (Å²) in [7, 11) is 1.56. The molecule has 2 atom stereocenters. The average Bonchev–Trinajstić information content (AvgIpc) is 2.87. The summed E-state index contributed by atoms with van der Waals surface area (Å²) in [4.78, 5) is 22.5. The molecule has 37 heavy (non-hydrogen) atoms. The molecule has 188 valence electrons. The van der Waals surface area contributed by atoms with Crippen molar-refractivity contribution < 1.29 is 9.53 Å². The van der Waals surface area contributed by atoms with E-state index in [0.717, 1.165) is 5.56 Å². The molecular weight excluding hydrogens is 502 g/mol. The second-order valence-electron chi connectivity index (χ2n) is 8.96. The molecule has 0 radical (unpaired) electrons. The lowest BCUT2D eigenvalue weighted by atomic mass is 9.82. The molecule has 1 heterocycles. The van der Waals surface area contributed by atoms with Crippen LogP contribution in [0.25, 0.3) is 4.85 Å². The predicted octanol–water partition coefficient (Wildman–Crippen LogP) is 7.60. The van der Waals surface area contributed by atoms with Crippen molar-refractivity contribution in [3.63, 3.8) is 0 Å². The summed E-state index contributed by atoms with van der Waals surface area (Å²) in [5.74, 6) is 0.329. The SMILES string of the molecule is [C-]#[N+]C1C(SCc2cc(C)cc(C)c2)=NC(C)=C(C(=O)Nc2ccccc2OC)C1c1ccccc1Cl. The summed E-state index contributed by atoms with van der Waals surface area (Å²) in [6.07, 6.45) is 0. The zero-order valence-electron chi connectivity index (χ0n) is 21.2. The van der Waals surface area contributed by atoms with Crippen molar-refractivity contribution in [2.24, 2.45) is 4.99 Å². The quantitative estimate of drug-likeness (QED) is 0.334. The number of amides is 1. The maximum atomic E-state index is 13.7.